The third-order valence-corrected chi connectivity index (χ3v) is 4.16. The molecule has 0 saturated heterocycles. The highest BCUT2D eigenvalue weighted by atomic mass is 16.5. The SMILES string of the molecule is Cc1ccc(/C=N\NC(=O)c2ccccc2OCc2ccccc2)c(C)c1. The van der Waals surface area contributed by atoms with Crippen molar-refractivity contribution in [1.82, 2.24) is 5.43 Å². The van der Waals surface area contributed by atoms with E-state index in [0.29, 0.717) is 17.9 Å². The molecule has 0 aliphatic carbocycles. The van der Waals surface area contributed by atoms with Gasteiger partial charge in [-0.25, -0.2) is 5.43 Å². The molecule has 1 amide bonds. The van der Waals surface area contributed by atoms with Gasteiger partial charge in [-0.05, 0) is 42.7 Å². The minimum atomic E-state index is -0.306. The number of benzene rings is 3. The van der Waals surface area contributed by atoms with E-state index < -0.39 is 0 Å². The molecule has 0 aliphatic heterocycles. The maximum absolute atomic E-state index is 12.5. The van der Waals surface area contributed by atoms with Gasteiger partial charge in [0.25, 0.3) is 5.91 Å². The van der Waals surface area contributed by atoms with E-state index in [1.807, 2.05) is 62.4 Å². The van der Waals surface area contributed by atoms with Crippen molar-refractivity contribution >= 4 is 12.1 Å². The fourth-order valence-corrected chi connectivity index (χ4v) is 2.71. The van der Waals surface area contributed by atoms with Crippen molar-refractivity contribution in [1.29, 1.82) is 0 Å². The number of hydrogen-bond donors (Lipinski definition) is 1. The molecule has 27 heavy (non-hydrogen) atoms. The summed E-state index contributed by atoms with van der Waals surface area (Å²) in [6.45, 7) is 4.46. The second-order valence-corrected chi connectivity index (χ2v) is 6.33. The molecule has 0 fully saturated rings. The number of hydrogen-bond acceptors (Lipinski definition) is 3. The second-order valence-electron chi connectivity index (χ2n) is 6.33. The van der Waals surface area contributed by atoms with Gasteiger partial charge in [-0.2, -0.15) is 5.10 Å². The molecule has 0 unspecified atom stereocenters. The second kappa shape index (κ2) is 8.81. The van der Waals surface area contributed by atoms with Gasteiger partial charge in [0.1, 0.15) is 12.4 Å². The zero-order chi connectivity index (χ0) is 19.1. The summed E-state index contributed by atoms with van der Waals surface area (Å²) < 4.78 is 5.83. The molecular formula is C23H22N2O2. The summed E-state index contributed by atoms with van der Waals surface area (Å²) in [4.78, 5) is 12.5. The first kappa shape index (κ1) is 18.4. The Labute approximate surface area is 159 Å². The lowest BCUT2D eigenvalue weighted by atomic mass is 10.1. The lowest BCUT2D eigenvalue weighted by Crippen LogP contribution is -2.18. The molecule has 1 N–H and O–H groups in total. The largest absolute Gasteiger partial charge is 0.488 e. The van der Waals surface area contributed by atoms with Crippen LogP contribution < -0.4 is 10.2 Å². The van der Waals surface area contributed by atoms with Gasteiger partial charge < -0.3 is 4.74 Å². The first-order chi connectivity index (χ1) is 13.1. The van der Waals surface area contributed by atoms with Gasteiger partial charge in [0.2, 0.25) is 0 Å². The summed E-state index contributed by atoms with van der Waals surface area (Å²) in [6, 6.07) is 23.1. The van der Waals surface area contributed by atoms with E-state index in [4.69, 9.17) is 4.74 Å². The van der Waals surface area contributed by atoms with Crippen LogP contribution >= 0.6 is 0 Å². The van der Waals surface area contributed by atoms with Crippen molar-refractivity contribution in [2.45, 2.75) is 20.5 Å². The maximum Gasteiger partial charge on any atom is 0.275 e. The number of rotatable bonds is 6. The number of nitrogens with one attached hydrogen (secondary N) is 1. The minimum absolute atomic E-state index is 0.306. The summed E-state index contributed by atoms with van der Waals surface area (Å²) in [5.74, 6) is 0.222. The number of amides is 1. The Morgan fingerprint density at radius 1 is 1.00 bits per heavy atom. The Balaban J connectivity index is 1.67. The van der Waals surface area contributed by atoms with Gasteiger partial charge in [0.15, 0.2) is 0 Å². The van der Waals surface area contributed by atoms with Gasteiger partial charge in [-0.15, -0.1) is 0 Å². The van der Waals surface area contributed by atoms with Gasteiger partial charge in [-0.3, -0.25) is 4.79 Å². The van der Waals surface area contributed by atoms with E-state index in [1.54, 1.807) is 24.4 Å². The number of carbonyl (C=O) groups excluding carboxylic acids is 1. The van der Waals surface area contributed by atoms with Crippen molar-refractivity contribution < 1.29 is 9.53 Å². The van der Waals surface area contributed by atoms with E-state index >= 15 is 0 Å². The smallest absolute Gasteiger partial charge is 0.275 e. The molecule has 3 rings (SSSR count). The van der Waals surface area contributed by atoms with Crippen LogP contribution in [-0.4, -0.2) is 12.1 Å². The number of ether oxygens (including phenoxy) is 1. The molecule has 0 bridgehead atoms. The van der Waals surface area contributed by atoms with Gasteiger partial charge in [0, 0.05) is 0 Å². The molecule has 0 saturated carbocycles. The van der Waals surface area contributed by atoms with Crippen LogP contribution in [0.3, 0.4) is 0 Å². The average Bonchev–Trinajstić information content (AvgIpc) is 2.69. The van der Waals surface area contributed by atoms with E-state index in [9.17, 15) is 4.79 Å². The predicted octanol–water partition coefficient (Wildman–Crippen LogP) is 4.65. The van der Waals surface area contributed by atoms with Gasteiger partial charge in [-0.1, -0.05) is 66.2 Å². The monoisotopic (exact) mass is 358 g/mol. The van der Waals surface area contributed by atoms with Crippen LogP contribution in [-0.2, 0) is 6.61 Å². The van der Waals surface area contributed by atoms with Crippen molar-refractivity contribution in [3.63, 3.8) is 0 Å². The Morgan fingerprint density at radius 2 is 1.74 bits per heavy atom. The van der Waals surface area contributed by atoms with Crippen LogP contribution in [0.5, 0.6) is 5.75 Å². The van der Waals surface area contributed by atoms with Crippen LogP contribution in [0.15, 0.2) is 77.9 Å². The highest BCUT2D eigenvalue weighted by Crippen LogP contribution is 2.19. The molecule has 0 radical (unpaired) electrons. The molecule has 4 heteroatoms. The van der Waals surface area contributed by atoms with Crippen molar-refractivity contribution in [3.8, 4) is 5.75 Å². The molecule has 3 aromatic rings. The Bertz CT molecular complexity index is 950. The third-order valence-electron chi connectivity index (χ3n) is 4.16. The predicted molar refractivity (Wildman–Crippen MR) is 108 cm³/mol. The molecule has 0 aromatic heterocycles. The molecule has 0 spiro atoms. The van der Waals surface area contributed by atoms with Crippen LogP contribution in [0.25, 0.3) is 0 Å². The lowest BCUT2D eigenvalue weighted by molar-refractivity contribution is 0.0950. The highest BCUT2D eigenvalue weighted by Gasteiger charge is 2.11. The Hall–Kier alpha value is -3.40. The standard InChI is InChI=1S/C23H22N2O2/c1-17-12-13-20(18(2)14-17)15-24-25-23(26)21-10-6-7-11-22(21)27-16-19-8-4-3-5-9-19/h3-15H,16H2,1-2H3,(H,25,26)/b24-15-. The summed E-state index contributed by atoms with van der Waals surface area (Å²) in [5, 5.41) is 4.09. The number of nitrogens with zero attached hydrogens (tertiary/aromatic N) is 1. The van der Waals surface area contributed by atoms with Gasteiger partial charge >= 0.3 is 0 Å². The van der Waals surface area contributed by atoms with Crippen LogP contribution in [0.1, 0.15) is 32.6 Å². The number of carbonyl (C=O) groups is 1. The average molecular weight is 358 g/mol. The first-order valence-corrected chi connectivity index (χ1v) is 8.80. The van der Waals surface area contributed by atoms with Crippen LogP contribution in [0.4, 0.5) is 0 Å². The van der Waals surface area contributed by atoms with E-state index in [-0.39, 0.29) is 5.91 Å². The van der Waals surface area contributed by atoms with E-state index in [0.717, 1.165) is 16.7 Å². The molecule has 0 heterocycles. The van der Waals surface area contributed by atoms with Crippen LogP contribution in [0.2, 0.25) is 0 Å². The minimum Gasteiger partial charge on any atom is -0.488 e. The Kier molecular flexibility index (Phi) is 6.00. The van der Waals surface area contributed by atoms with Crippen molar-refractivity contribution in [3.05, 3.63) is 101 Å². The van der Waals surface area contributed by atoms with Crippen molar-refractivity contribution in [2.75, 3.05) is 0 Å². The molecule has 136 valence electrons. The maximum atomic E-state index is 12.5. The zero-order valence-corrected chi connectivity index (χ0v) is 15.5. The normalized spacial score (nSPS) is 10.7. The van der Waals surface area contributed by atoms with Gasteiger partial charge in [0.05, 0.1) is 11.8 Å². The first-order valence-electron chi connectivity index (χ1n) is 8.80. The van der Waals surface area contributed by atoms with Crippen LogP contribution in [0, 0.1) is 13.8 Å². The highest BCUT2D eigenvalue weighted by molar-refractivity contribution is 5.97. The molecule has 0 atom stereocenters. The van der Waals surface area contributed by atoms with E-state index in [2.05, 4.69) is 16.6 Å². The zero-order valence-electron chi connectivity index (χ0n) is 15.5. The van der Waals surface area contributed by atoms with E-state index in [1.165, 1.54) is 5.56 Å². The fraction of sp³-hybridized carbons (Fsp3) is 0.130. The molecular weight excluding hydrogens is 336 g/mol. The fourth-order valence-electron chi connectivity index (χ4n) is 2.71. The summed E-state index contributed by atoms with van der Waals surface area (Å²) in [6.07, 6.45) is 1.65. The summed E-state index contributed by atoms with van der Waals surface area (Å²) >= 11 is 0. The molecule has 4 nitrogen and oxygen atoms in total. The molecule has 0 aliphatic rings. The Morgan fingerprint density at radius 3 is 2.52 bits per heavy atom. The molecule has 3 aromatic carbocycles. The summed E-state index contributed by atoms with van der Waals surface area (Å²) in [7, 11) is 0. The number of aryl methyl sites for hydroxylation is 2. The van der Waals surface area contributed by atoms with Crippen molar-refractivity contribution in [2.24, 2.45) is 5.10 Å². The number of para-hydroxylation sites is 1. The lowest BCUT2D eigenvalue weighted by Gasteiger charge is -2.10. The number of hydrazone groups is 1. The summed E-state index contributed by atoms with van der Waals surface area (Å²) in [5.41, 5.74) is 7.34. The quantitative estimate of drug-likeness (QED) is 0.515. The topological polar surface area (TPSA) is 50.7 Å². The third kappa shape index (κ3) is 5.05.